The Hall–Kier alpha value is -2.57. The smallest absolute Gasteiger partial charge is 0.102 e. The third-order valence-electron chi connectivity index (χ3n) is 5.97. The number of hydrogen-bond acceptors (Lipinski definition) is 6. The first-order valence-corrected chi connectivity index (χ1v) is 11.0. The van der Waals surface area contributed by atoms with Gasteiger partial charge in [0.2, 0.25) is 0 Å². The summed E-state index contributed by atoms with van der Waals surface area (Å²) in [6.45, 7) is 5.25. The summed E-state index contributed by atoms with van der Waals surface area (Å²) in [5.41, 5.74) is 3.82. The number of aryl methyl sites for hydroxylation is 2. The maximum Gasteiger partial charge on any atom is 0.102 e. The lowest BCUT2D eigenvalue weighted by Gasteiger charge is -2.41. The van der Waals surface area contributed by atoms with Crippen molar-refractivity contribution >= 4 is 28.2 Å². The van der Waals surface area contributed by atoms with E-state index < -0.39 is 0 Å². The number of likely N-dealkylation sites (N-methyl/N-ethyl adjacent to an activating group) is 1. The van der Waals surface area contributed by atoms with Gasteiger partial charge in [0.25, 0.3) is 0 Å². The van der Waals surface area contributed by atoms with E-state index in [-0.39, 0.29) is 0 Å². The van der Waals surface area contributed by atoms with E-state index in [1.165, 1.54) is 26.7 Å². The molecule has 2 aliphatic heterocycles. The highest BCUT2D eigenvalue weighted by atomic mass is 32.1. The number of nitrogens with zero attached hydrogens (tertiary/aromatic N) is 3. The zero-order chi connectivity index (χ0) is 19.8. The first kappa shape index (κ1) is 18.5. The van der Waals surface area contributed by atoms with Crippen molar-refractivity contribution in [3.63, 3.8) is 0 Å². The highest BCUT2D eigenvalue weighted by Gasteiger charge is 2.29. The summed E-state index contributed by atoms with van der Waals surface area (Å²) in [5.74, 6) is 0. The van der Waals surface area contributed by atoms with E-state index in [9.17, 15) is 0 Å². The number of thiophene rings is 1. The Morgan fingerprint density at radius 1 is 1.31 bits per heavy atom. The normalized spacial score (nSPS) is 19.2. The number of piperazine rings is 1. The van der Waals surface area contributed by atoms with Gasteiger partial charge in [0.15, 0.2) is 0 Å². The van der Waals surface area contributed by atoms with Gasteiger partial charge in [-0.2, -0.15) is 0 Å². The van der Waals surface area contributed by atoms with E-state index in [0.29, 0.717) is 6.04 Å². The fourth-order valence-electron chi connectivity index (χ4n) is 4.35. The van der Waals surface area contributed by atoms with E-state index in [4.69, 9.17) is 9.40 Å². The third-order valence-corrected chi connectivity index (χ3v) is 6.95. The SMILES string of the molecule is Cc1cc2c(s1)NC=c1cccnc1=C2N1CCN(C)C(CCc2ccoc2)C1. The summed E-state index contributed by atoms with van der Waals surface area (Å²) in [7, 11) is 2.25. The summed E-state index contributed by atoms with van der Waals surface area (Å²) in [4.78, 5) is 11.2. The molecule has 0 amide bonds. The average molecular weight is 407 g/mol. The molecule has 1 unspecified atom stereocenters. The van der Waals surface area contributed by atoms with Gasteiger partial charge in [-0.3, -0.25) is 9.88 Å². The van der Waals surface area contributed by atoms with Crippen LogP contribution in [0.1, 0.15) is 22.4 Å². The Bertz CT molecular complexity index is 1120. The molecule has 150 valence electrons. The van der Waals surface area contributed by atoms with Crippen LogP contribution in [0.4, 0.5) is 5.00 Å². The lowest BCUT2D eigenvalue weighted by molar-refractivity contribution is 0.128. The molecule has 3 aromatic rings. The van der Waals surface area contributed by atoms with Crippen molar-refractivity contribution in [1.82, 2.24) is 14.8 Å². The van der Waals surface area contributed by atoms with Crippen LogP contribution in [0.2, 0.25) is 0 Å². The summed E-state index contributed by atoms with van der Waals surface area (Å²) in [5, 5.41) is 6.96. The van der Waals surface area contributed by atoms with Crippen LogP contribution < -0.4 is 15.9 Å². The lowest BCUT2D eigenvalue weighted by Crippen LogP contribution is -2.52. The van der Waals surface area contributed by atoms with Crippen LogP contribution in [0, 0.1) is 6.92 Å². The number of nitrogens with one attached hydrogen (secondary N) is 1. The maximum absolute atomic E-state index is 5.25. The molecule has 5 nitrogen and oxygen atoms in total. The summed E-state index contributed by atoms with van der Waals surface area (Å²) >= 11 is 1.81. The molecule has 1 saturated heterocycles. The summed E-state index contributed by atoms with van der Waals surface area (Å²) in [6.07, 6.45) is 9.79. The van der Waals surface area contributed by atoms with E-state index in [0.717, 1.165) is 43.0 Å². The largest absolute Gasteiger partial charge is 0.472 e. The van der Waals surface area contributed by atoms with Crippen LogP contribution in [0.25, 0.3) is 11.9 Å². The quantitative estimate of drug-likeness (QED) is 0.722. The molecule has 5 heterocycles. The molecule has 0 radical (unpaired) electrons. The van der Waals surface area contributed by atoms with Gasteiger partial charge in [-0.1, -0.05) is 0 Å². The van der Waals surface area contributed by atoms with Gasteiger partial charge in [-0.25, -0.2) is 0 Å². The van der Waals surface area contributed by atoms with Gasteiger partial charge in [-0.05, 0) is 56.6 Å². The number of pyridine rings is 1. The van der Waals surface area contributed by atoms with Crippen molar-refractivity contribution in [3.8, 4) is 0 Å². The molecule has 0 aromatic carbocycles. The van der Waals surface area contributed by atoms with E-state index in [2.05, 4.69) is 53.5 Å². The molecule has 0 bridgehead atoms. The fraction of sp³-hybridized carbons (Fsp3) is 0.348. The number of rotatable bonds is 4. The zero-order valence-electron chi connectivity index (χ0n) is 16.9. The Kier molecular flexibility index (Phi) is 4.89. The molecule has 6 heteroatoms. The van der Waals surface area contributed by atoms with E-state index in [1.54, 1.807) is 6.26 Å². The monoisotopic (exact) mass is 406 g/mol. The molecule has 3 aromatic heterocycles. The Morgan fingerprint density at radius 3 is 3.10 bits per heavy atom. The van der Waals surface area contributed by atoms with Crippen LogP contribution in [0.3, 0.4) is 0 Å². The highest BCUT2D eigenvalue weighted by Crippen LogP contribution is 2.35. The standard InChI is InChI=1S/C23H26N4OS/c1-16-12-20-22(21-18(4-3-8-24-21)13-25-23(20)29-16)27-10-9-26(2)19(14-27)6-5-17-7-11-28-15-17/h3-4,7-8,11-13,15,19,25H,5-6,9-10,14H2,1-2H3. The van der Waals surface area contributed by atoms with Crippen molar-refractivity contribution in [2.45, 2.75) is 25.8 Å². The second-order valence-corrected chi connectivity index (χ2v) is 9.19. The van der Waals surface area contributed by atoms with Crippen LogP contribution in [-0.2, 0) is 6.42 Å². The van der Waals surface area contributed by atoms with Gasteiger partial charge in [0.1, 0.15) is 5.00 Å². The van der Waals surface area contributed by atoms with Gasteiger partial charge in [0.05, 0.1) is 23.6 Å². The van der Waals surface area contributed by atoms with E-state index >= 15 is 0 Å². The number of hydrogen-bond donors (Lipinski definition) is 1. The molecule has 1 fully saturated rings. The van der Waals surface area contributed by atoms with Crippen molar-refractivity contribution < 1.29 is 4.42 Å². The van der Waals surface area contributed by atoms with Crippen LogP contribution >= 0.6 is 11.3 Å². The maximum atomic E-state index is 5.25. The molecule has 0 aliphatic carbocycles. The number of aromatic nitrogens is 1. The van der Waals surface area contributed by atoms with E-state index in [1.807, 2.05) is 29.9 Å². The van der Waals surface area contributed by atoms with Gasteiger partial charge < -0.3 is 14.6 Å². The minimum absolute atomic E-state index is 0.502. The molecular weight excluding hydrogens is 380 g/mol. The average Bonchev–Trinajstić information content (AvgIpc) is 3.34. The molecule has 29 heavy (non-hydrogen) atoms. The molecule has 1 N–H and O–H groups in total. The minimum atomic E-state index is 0.502. The summed E-state index contributed by atoms with van der Waals surface area (Å²) in [6, 6.07) is 9.03. The van der Waals surface area contributed by atoms with Crippen molar-refractivity contribution in [2.24, 2.45) is 0 Å². The molecule has 1 atom stereocenters. The first-order chi connectivity index (χ1) is 14.2. The van der Waals surface area contributed by atoms with Crippen LogP contribution in [-0.4, -0.2) is 47.5 Å². The van der Waals surface area contributed by atoms with Crippen molar-refractivity contribution in [1.29, 1.82) is 0 Å². The Morgan fingerprint density at radius 2 is 2.24 bits per heavy atom. The Balaban J connectivity index is 1.51. The number of anilines is 1. The first-order valence-electron chi connectivity index (χ1n) is 10.2. The molecular formula is C23H26N4OS. The fourth-order valence-corrected chi connectivity index (χ4v) is 5.23. The van der Waals surface area contributed by atoms with Gasteiger partial charge in [0, 0.05) is 53.7 Å². The molecule has 2 aliphatic rings. The number of fused-ring (bicyclic) bond motifs is 2. The molecule has 5 rings (SSSR count). The highest BCUT2D eigenvalue weighted by molar-refractivity contribution is 7.16. The summed E-state index contributed by atoms with van der Waals surface area (Å²) < 4.78 is 5.25. The van der Waals surface area contributed by atoms with Gasteiger partial charge >= 0.3 is 0 Å². The zero-order valence-corrected chi connectivity index (χ0v) is 17.7. The predicted octanol–water partition coefficient (Wildman–Crippen LogP) is 2.61. The molecule has 0 saturated carbocycles. The van der Waals surface area contributed by atoms with Crippen molar-refractivity contribution in [2.75, 3.05) is 32.0 Å². The van der Waals surface area contributed by atoms with Crippen molar-refractivity contribution in [3.05, 3.63) is 69.6 Å². The topological polar surface area (TPSA) is 44.5 Å². The third kappa shape index (κ3) is 3.58. The minimum Gasteiger partial charge on any atom is -0.472 e. The predicted molar refractivity (Wildman–Crippen MR) is 118 cm³/mol. The number of furan rings is 1. The van der Waals surface area contributed by atoms with Crippen LogP contribution in [0.15, 0.2) is 47.4 Å². The lowest BCUT2D eigenvalue weighted by atomic mass is 10.0. The Labute approximate surface area is 175 Å². The van der Waals surface area contributed by atoms with Gasteiger partial charge in [-0.15, -0.1) is 11.3 Å². The second kappa shape index (κ2) is 7.69. The second-order valence-electron chi connectivity index (χ2n) is 7.93. The molecule has 0 spiro atoms. The van der Waals surface area contributed by atoms with Crippen LogP contribution in [0.5, 0.6) is 0 Å².